The van der Waals surface area contributed by atoms with Crippen LogP contribution in [0.4, 0.5) is 5.69 Å². The number of fused-ring (bicyclic) bond motifs is 3. The van der Waals surface area contributed by atoms with Gasteiger partial charge in [-0.2, -0.15) is 0 Å². The summed E-state index contributed by atoms with van der Waals surface area (Å²) in [5, 5.41) is 13.3. The molecule has 8 nitrogen and oxygen atoms in total. The summed E-state index contributed by atoms with van der Waals surface area (Å²) in [5.41, 5.74) is 2.17. The van der Waals surface area contributed by atoms with Crippen molar-refractivity contribution in [2.75, 3.05) is 12.4 Å². The number of aromatic nitrogens is 2. The average molecular weight is 516 g/mol. The summed E-state index contributed by atoms with van der Waals surface area (Å²) in [6, 6.07) is 19.9. The van der Waals surface area contributed by atoms with Crippen LogP contribution < -0.4 is 21.3 Å². The molecule has 9 heteroatoms. The van der Waals surface area contributed by atoms with Gasteiger partial charge in [-0.1, -0.05) is 48.5 Å². The molecule has 1 amide bonds. The number of anilines is 1. The van der Waals surface area contributed by atoms with Crippen LogP contribution in [-0.4, -0.2) is 27.3 Å². The van der Waals surface area contributed by atoms with E-state index >= 15 is 0 Å². The molecule has 188 valence electrons. The van der Waals surface area contributed by atoms with E-state index in [-0.39, 0.29) is 19.7 Å². The van der Waals surface area contributed by atoms with E-state index in [1.54, 1.807) is 30.3 Å². The predicted molar refractivity (Wildman–Crippen MR) is 146 cm³/mol. The molecule has 2 N–H and O–H groups in total. The van der Waals surface area contributed by atoms with Crippen molar-refractivity contribution in [1.82, 2.24) is 9.13 Å². The van der Waals surface area contributed by atoms with Gasteiger partial charge in [-0.15, -0.1) is 11.3 Å². The van der Waals surface area contributed by atoms with Crippen LogP contribution in [0.5, 0.6) is 5.75 Å². The first-order chi connectivity index (χ1) is 17.9. The number of thiophene rings is 1. The zero-order valence-electron chi connectivity index (χ0n) is 20.4. The van der Waals surface area contributed by atoms with Crippen LogP contribution in [0.25, 0.3) is 20.3 Å². The lowest BCUT2D eigenvalue weighted by atomic mass is 10.1. The monoisotopic (exact) mass is 515 g/mol. The van der Waals surface area contributed by atoms with Crippen LogP contribution in [0.15, 0.2) is 76.3 Å². The topological polar surface area (TPSA) is 103 Å². The third-order valence-corrected chi connectivity index (χ3v) is 7.44. The van der Waals surface area contributed by atoms with E-state index in [4.69, 9.17) is 4.74 Å². The van der Waals surface area contributed by atoms with Crippen molar-refractivity contribution in [2.45, 2.75) is 26.6 Å². The van der Waals surface area contributed by atoms with E-state index in [2.05, 4.69) is 5.32 Å². The molecule has 2 aromatic heterocycles. The Kier molecular flexibility index (Phi) is 6.64. The normalized spacial score (nSPS) is 11.2. The first kappa shape index (κ1) is 24.5. The Hall–Kier alpha value is -4.21. The minimum atomic E-state index is -0.597. The molecule has 5 aromatic rings. The van der Waals surface area contributed by atoms with Gasteiger partial charge >= 0.3 is 5.69 Å². The second-order valence-corrected chi connectivity index (χ2v) is 9.77. The smallest absolute Gasteiger partial charge is 0.332 e. The SMILES string of the molecule is COc1cc(C)ccc1NC(=O)Cn1c(=O)n(Cc2ccccc2CO)c(=O)c2sc3ccccc3c21. The molecule has 5 rings (SSSR count). The third kappa shape index (κ3) is 4.54. The Morgan fingerprint density at radius 2 is 1.73 bits per heavy atom. The Balaban J connectivity index is 1.65. The molecule has 0 atom stereocenters. The molecule has 0 fully saturated rings. The Bertz CT molecular complexity index is 1770. The molecule has 3 aromatic carbocycles. The van der Waals surface area contributed by atoms with Gasteiger partial charge in [-0.3, -0.25) is 18.7 Å². The number of nitrogens with zero attached hydrogens (tertiary/aromatic N) is 2. The van der Waals surface area contributed by atoms with Gasteiger partial charge in [0.05, 0.1) is 31.5 Å². The summed E-state index contributed by atoms with van der Waals surface area (Å²) < 4.78 is 9.11. The average Bonchev–Trinajstić information content (AvgIpc) is 3.30. The summed E-state index contributed by atoms with van der Waals surface area (Å²) >= 11 is 1.29. The fourth-order valence-corrected chi connectivity index (χ4v) is 5.61. The maximum atomic E-state index is 13.8. The van der Waals surface area contributed by atoms with Crippen LogP contribution in [0.3, 0.4) is 0 Å². The molecule has 0 radical (unpaired) electrons. The van der Waals surface area contributed by atoms with Gasteiger partial charge in [0.25, 0.3) is 5.56 Å². The highest BCUT2D eigenvalue weighted by Crippen LogP contribution is 2.31. The lowest BCUT2D eigenvalue weighted by molar-refractivity contribution is -0.116. The van der Waals surface area contributed by atoms with Crippen LogP contribution >= 0.6 is 11.3 Å². The third-order valence-electron chi connectivity index (χ3n) is 6.29. The minimum Gasteiger partial charge on any atom is -0.495 e. The number of rotatable bonds is 7. The number of aryl methyl sites for hydroxylation is 1. The van der Waals surface area contributed by atoms with Crippen molar-refractivity contribution < 1.29 is 14.6 Å². The highest BCUT2D eigenvalue weighted by molar-refractivity contribution is 7.25. The van der Waals surface area contributed by atoms with Gasteiger partial charge in [0, 0.05) is 10.1 Å². The quantitative estimate of drug-likeness (QED) is 0.343. The van der Waals surface area contributed by atoms with Crippen molar-refractivity contribution in [3.63, 3.8) is 0 Å². The standard InChI is InChI=1S/C28H25N3O5S/c1-17-11-12-21(22(13-17)36-2)29-24(33)15-30-25-20-9-5-6-10-23(20)37-26(25)27(34)31(28(30)35)14-18-7-3-4-8-19(18)16-32/h3-13,32H,14-16H2,1-2H3,(H,29,33). The number of aliphatic hydroxyl groups is 1. The molecule has 0 unspecified atom stereocenters. The fourth-order valence-electron chi connectivity index (χ4n) is 4.45. The molecule has 0 aliphatic carbocycles. The van der Waals surface area contributed by atoms with E-state index in [0.29, 0.717) is 32.8 Å². The zero-order chi connectivity index (χ0) is 26.1. The summed E-state index contributed by atoms with van der Waals surface area (Å²) in [7, 11) is 1.52. The maximum absolute atomic E-state index is 13.8. The van der Waals surface area contributed by atoms with E-state index in [9.17, 15) is 19.5 Å². The second-order valence-electron chi connectivity index (χ2n) is 8.71. The maximum Gasteiger partial charge on any atom is 0.332 e. The summed E-state index contributed by atoms with van der Waals surface area (Å²) in [6.07, 6.45) is 0. The van der Waals surface area contributed by atoms with Gasteiger partial charge in [0.2, 0.25) is 5.91 Å². The van der Waals surface area contributed by atoms with Crippen molar-refractivity contribution in [1.29, 1.82) is 0 Å². The fraction of sp³-hybridized carbons (Fsp3) is 0.179. The van der Waals surface area contributed by atoms with E-state index in [1.807, 2.05) is 43.3 Å². The van der Waals surface area contributed by atoms with Crippen molar-refractivity contribution >= 4 is 43.2 Å². The van der Waals surface area contributed by atoms with Gasteiger partial charge < -0.3 is 15.2 Å². The van der Waals surface area contributed by atoms with Gasteiger partial charge in [-0.25, -0.2) is 4.79 Å². The van der Waals surface area contributed by atoms with E-state index < -0.39 is 17.2 Å². The lowest BCUT2D eigenvalue weighted by Crippen LogP contribution is -2.41. The number of ether oxygens (including phenoxy) is 1. The first-order valence-corrected chi connectivity index (χ1v) is 12.5. The minimum absolute atomic E-state index is 0.0218. The number of carbonyl (C=O) groups is 1. The molecular formula is C28H25N3O5S. The molecule has 0 bridgehead atoms. The van der Waals surface area contributed by atoms with Gasteiger partial charge in [0.15, 0.2) is 0 Å². The molecule has 37 heavy (non-hydrogen) atoms. The molecule has 0 saturated heterocycles. The number of carbonyl (C=O) groups excluding carboxylic acids is 1. The van der Waals surface area contributed by atoms with Crippen molar-refractivity contribution in [3.8, 4) is 5.75 Å². The van der Waals surface area contributed by atoms with Crippen molar-refractivity contribution in [2.24, 2.45) is 0 Å². The predicted octanol–water partition coefficient (Wildman–Crippen LogP) is 3.87. The van der Waals surface area contributed by atoms with E-state index in [0.717, 1.165) is 20.2 Å². The van der Waals surface area contributed by atoms with Gasteiger partial charge in [-0.05, 0) is 41.8 Å². The van der Waals surface area contributed by atoms with Crippen molar-refractivity contribution in [3.05, 3.63) is 104 Å². The molecule has 0 aliphatic heterocycles. The van der Waals surface area contributed by atoms with Crippen LogP contribution in [0.2, 0.25) is 0 Å². The Morgan fingerprint density at radius 3 is 2.49 bits per heavy atom. The Labute approximate surface area is 216 Å². The molecular weight excluding hydrogens is 490 g/mol. The first-order valence-electron chi connectivity index (χ1n) is 11.7. The summed E-state index contributed by atoms with van der Waals surface area (Å²) in [4.78, 5) is 40.5. The number of hydrogen-bond donors (Lipinski definition) is 2. The molecule has 0 saturated carbocycles. The molecule has 0 aliphatic rings. The molecule has 0 spiro atoms. The number of benzene rings is 3. The highest BCUT2D eigenvalue weighted by Gasteiger charge is 2.21. The Morgan fingerprint density at radius 1 is 1.00 bits per heavy atom. The molecule has 2 heterocycles. The number of nitrogens with one attached hydrogen (secondary N) is 1. The van der Waals surface area contributed by atoms with Gasteiger partial charge in [0.1, 0.15) is 17.0 Å². The lowest BCUT2D eigenvalue weighted by Gasteiger charge is -2.15. The van der Waals surface area contributed by atoms with Crippen LogP contribution in [0, 0.1) is 6.92 Å². The van der Waals surface area contributed by atoms with Crippen LogP contribution in [-0.2, 0) is 24.5 Å². The van der Waals surface area contributed by atoms with E-state index in [1.165, 1.54) is 23.0 Å². The zero-order valence-corrected chi connectivity index (χ0v) is 21.2. The number of hydrogen-bond acceptors (Lipinski definition) is 6. The summed E-state index contributed by atoms with van der Waals surface area (Å²) in [6.45, 7) is 1.39. The summed E-state index contributed by atoms with van der Waals surface area (Å²) in [5.74, 6) is 0.0826. The largest absolute Gasteiger partial charge is 0.495 e. The highest BCUT2D eigenvalue weighted by atomic mass is 32.1. The van der Waals surface area contributed by atoms with Crippen LogP contribution in [0.1, 0.15) is 16.7 Å². The number of aliphatic hydroxyl groups excluding tert-OH is 1. The number of methoxy groups -OCH3 is 1. The number of amides is 1. The second kappa shape index (κ2) is 10.0.